The minimum atomic E-state index is -1.17. The number of amides is 4. The van der Waals surface area contributed by atoms with Crippen LogP contribution in [0, 0.1) is 7.14 Å². The molecule has 0 saturated carbocycles. The predicted octanol–water partition coefficient (Wildman–Crippen LogP) is 5.18. The second-order valence-corrected chi connectivity index (χ2v) is 13.6. The molecule has 4 rings (SSSR count). The molecule has 2 atom stereocenters. The molecular formula is C29H32I2N4O7. The van der Waals surface area contributed by atoms with Crippen LogP contribution >= 0.6 is 45.2 Å². The molecule has 2 heterocycles. The van der Waals surface area contributed by atoms with Gasteiger partial charge in [0.2, 0.25) is 11.8 Å². The van der Waals surface area contributed by atoms with Crippen LogP contribution in [0.15, 0.2) is 36.4 Å². The van der Waals surface area contributed by atoms with E-state index in [2.05, 4.69) is 33.2 Å². The van der Waals surface area contributed by atoms with E-state index in [-0.39, 0.29) is 22.5 Å². The van der Waals surface area contributed by atoms with Gasteiger partial charge in [0.05, 0.1) is 22.5 Å². The summed E-state index contributed by atoms with van der Waals surface area (Å²) in [5.74, 6) is -2.52. The summed E-state index contributed by atoms with van der Waals surface area (Å²) in [4.78, 5) is 67.8. The van der Waals surface area contributed by atoms with Crippen molar-refractivity contribution in [1.29, 1.82) is 0 Å². The minimum absolute atomic E-state index is 0.0407. The highest BCUT2D eigenvalue weighted by molar-refractivity contribution is 14.1. The number of carboxylic acids is 1. The summed E-state index contributed by atoms with van der Waals surface area (Å²) >= 11 is 4.07. The molecule has 2 aliphatic rings. The average molecular weight is 802 g/mol. The molecule has 0 radical (unpaired) electrons. The molecule has 2 saturated heterocycles. The van der Waals surface area contributed by atoms with Gasteiger partial charge in [-0.3, -0.25) is 19.3 Å². The molecule has 13 heteroatoms. The van der Waals surface area contributed by atoms with Crippen LogP contribution in [0.4, 0.5) is 16.2 Å². The maximum absolute atomic E-state index is 13.9. The average Bonchev–Trinajstić information content (AvgIpc) is 3.60. The van der Waals surface area contributed by atoms with Crippen molar-refractivity contribution in [1.82, 2.24) is 9.80 Å². The molecule has 2 aromatic carbocycles. The van der Waals surface area contributed by atoms with Crippen molar-refractivity contribution in [3.05, 3.63) is 54.7 Å². The summed E-state index contributed by atoms with van der Waals surface area (Å²) in [6.07, 6.45) is 1.53. The van der Waals surface area contributed by atoms with E-state index >= 15 is 0 Å². The fourth-order valence-electron chi connectivity index (χ4n) is 5.05. The zero-order chi connectivity index (χ0) is 30.8. The van der Waals surface area contributed by atoms with E-state index in [1.54, 1.807) is 45.0 Å². The van der Waals surface area contributed by atoms with Gasteiger partial charge < -0.3 is 25.4 Å². The zero-order valence-electron chi connectivity index (χ0n) is 23.4. The Bertz CT molecular complexity index is 1430. The topological polar surface area (TPSA) is 145 Å². The Labute approximate surface area is 271 Å². The molecule has 0 unspecified atom stereocenters. The van der Waals surface area contributed by atoms with Crippen LogP contribution in [0.5, 0.6) is 0 Å². The van der Waals surface area contributed by atoms with Crippen molar-refractivity contribution in [2.75, 3.05) is 23.7 Å². The van der Waals surface area contributed by atoms with Crippen LogP contribution in [-0.2, 0) is 14.3 Å². The normalized spacial score (nSPS) is 18.5. The highest BCUT2D eigenvalue weighted by Gasteiger charge is 2.39. The summed E-state index contributed by atoms with van der Waals surface area (Å²) in [5.41, 5.74) is -0.0966. The van der Waals surface area contributed by atoms with Crippen molar-refractivity contribution in [3.63, 3.8) is 0 Å². The van der Waals surface area contributed by atoms with Crippen molar-refractivity contribution in [3.8, 4) is 0 Å². The van der Waals surface area contributed by atoms with E-state index < -0.39 is 47.5 Å². The van der Waals surface area contributed by atoms with Crippen molar-refractivity contribution in [2.24, 2.45) is 0 Å². The van der Waals surface area contributed by atoms with E-state index in [0.29, 0.717) is 42.3 Å². The molecule has 2 aliphatic heterocycles. The first-order valence-corrected chi connectivity index (χ1v) is 15.7. The standard InChI is InChI=1S/C29H32I2N4O7/c1-29(2,3)42-28(41)35-13-5-7-23(35)25(37)32-20-10-8-16(30)14-18(20)26(38)34-12-4-6-22(34)24(36)33-21-11-9-17(31)15-19(21)27(39)40/h8-11,14-15,22-23H,4-7,12-13H2,1-3H3,(H,32,37)(H,33,36)(H,39,40)/t22-,23+/m1/s1. The number of carbonyl (C=O) groups excluding carboxylic acids is 4. The highest BCUT2D eigenvalue weighted by atomic mass is 127. The van der Waals surface area contributed by atoms with E-state index in [0.717, 1.165) is 3.57 Å². The summed E-state index contributed by atoms with van der Waals surface area (Å²) in [6, 6.07) is 8.15. The Kier molecular flexibility index (Phi) is 10.0. The third-order valence-electron chi connectivity index (χ3n) is 6.94. The smallest absolute Gasteiger partial charge is 0.410 e. The van der Waals surface area contributed by atoms with Crippen LogP contribution in [0.3, 0.4) is 0 Å². The Hall–Kier alpha value is -2.95. The Balaban J connectivity index is 1.53. The number of benzene rings is 2. The number of rotatable bonds is 6. The highest BCUT2D eigenvalue weighted by Crippen LogP contribution is 2.29. The van der Waals surface area contributed by atoms with Crippen LogP contribution in [0.25, 0.3) is 0 Å². The van der Waals surface area contributed by atoms with Gasteiger partial charge in [0.1, 0.15) is 17.7 Å². The van der Waals surface area contributed by atoms with Crippen molar-refractivity contribution < 1.29 is 33.8 Å². The number of likely N-dealkylation sites (tertiary alicyclic amines) is 2. The van der Waals surface area contributed by atoms with Crippen molar-refractivity contribution in [2.45, 2.75) is 64.1 Å². The van der Waals surface area contributed by atoms with Gasteiger partial charge >= 0.3 is 12.1 Å². The molecule has 3 N–H and O–H groups in total. The van der Waals surface area contributed by atoms with E-state index in [4.69, 9.17) is 4.74 Å². The van der Waals surface area contributed by atoms with E-state index in [9.17, 15) is 29.1 Å². The maximum atomic E-state index is 13.9. The van der Waals surface area contributed by atoms with Gasteiger partial charge in [-0.25, -0.2) is 9.59 Å². The Morgan fingerprint density at radius 1 is 0.810 bits per heavy atom. The SMILES string of the molecule is CC(C)(C)OC(=O)N1CCC[C@H]1C(=O)Nc1ccc(I)cc1C(=O)N1CCC[C@@H]1C(=O)Nc1ccc(I)cc1C(=O)O. The Morgan fingerprint density at radius 3 is 1.81 bits per heavy atom. The molecule has 0 aromatic heterocycles. The van der Waals surface area contributed by atoms with Gasteiger partial charge in [0, 0.05) is 20.2 Å². The summed E-state index contributed by atoms with van der Waals surface area (Å²) in [6.45, 7) is 5.99. The van der Waals surface area contributed by atoms with Gasteiger partial charge in [-0.05, 0) is 128 Å². The lowest BCUT2D eigenvalue weighted by Gasteiger charge is -2.28. The first kappa shape index (κ1) is 32.0. The first-order valence-electron chi connectivity index (χ1n) is 13.5. The molecule has 0 bridgehead atoms. The number of aromatic carboxylic acids is 1. The van der Waals surface area contributed by atoms with Crippen LogP contribution in [0.1, 0.15) is 67.2 Å². The number of carbonyl (C=O) groups is 5. The largest absolute Gasteiger partial charge is 0.478 e. The fourth-order valence-corrected chi connectivity index (χ4v) is 6.03. The van der Waals surface area contributed by atoms with Crippen LogP contribution in [0.2, 0.25) is 0 Å². The second kappa shape index (κ2) is 13.1. The third-order valence-corrected chi connectivity index (χ3v) is 8.28. The lowest BCUT2D eigenvalue weighted by Crippen LogP contribution is -2.46. The first-order chi connectivity index (χ1) is 19.7. The minimum Gasteiger partial charge on any atom is -0.478 e. The predicted molar refractivity (Wildman–Crippen MR) is 173 cm³/mol. The summed E-state index contributed by atoms with van der Waals surface area (Å²) < 4.78 is 6.94. The van der Waals surface area contributed by atoms with Gasteiger partial charge in [0.15, 0.2) is 0 Å². The molecule has 2 fully saturated rings. The lowest BCUT2D eigenvalue weighted by molar-refractivity contribution is -0.120. The fraction of sp³-hybridized carbons (Fsp3) is 0.414. The number of ether oxygens (including phenoxy) is 1. The zero-order valence-corrected chi connectivity index (χ0v) is 27.7. The molecule has 11 nitrogen and oxygen atoms in total. The van der Waals surface area contributed by atoms with Crippen LogP contribution < -0.4 is 10.6 Å². The van der Waals surface area contributed by atoms with Gasteiger partial charge in [-0.1, -0.05) is 0 Å². The van der Waals surface area contributed by atoms with Crippen molar-refractivity contribution >= 4 is 86.3 Å². The van der Waals surface area contributed by atoms with Crippen LogP contribution in [-0.4, -0.2) is 75.5 Å². The number of hydrogen-bond donors (Lipinski definition) is 3. The number of nitrogens with zero attached hydrogens (tertiary/aromatic N) is 2. The van der Waals surface area contributed by atoms with E-state index in [1.807, 2.05) is 22.6 Å². The monoisotopic (exact) mass is 802 g/mol. The molecule has 0 aliphatic carbocycles. The lowest BCUT2D eigenvalue weighted by atomic mass is 10.1. The number of hydrogen-bond acceptors (Lipinski definition) is 6. The molecular weight excluding hydrogens is 770 g/mol. The van der Waals surface area contributed by atoms with Gasteiger partial charge in [0.25, 0.3) is 5.91 Å². The Morgan fingerprint density at radius 2 is 1.29 bits per heavy atom. The maximum Gasteiger partial charge on any atom is 0.410 e. The van der Waals surface area contributed by atoms with Gasteiger partial charge in [-0.2, -0.15) is 0 Å². The third kappa shape index (κ3) is 7.51. The van der Waals surface area contributed by atoms with E-state index in [1.165, 1.54) is 21.9 Å². The van der Waals surface area contributed by atoms with Gasteiger partial charge in [-0.15, -0.1) is 0 Å². The second-order valence-electron chi connectivity index (χ2n) is 11.2. The molecule has 42 heavy (non-hydrogen) atoms. The number of halogens is 2. The molecule has 4 amide bonds. The molecule has 224 valence electrons. The molecule has 0 spiro atoms. The number of carboxylic acid groups (broad SMARTS) is 1. The number of anilines is 2. The quantitative estimate of drug-likeness (QED) is 0.342. The number of nitrogens with one attached hydrogen (secondary N) is 2. The summed E-state index contributed by atoms with van der Waals surface area (Å²) in [7, 11) is 0. The summed E-state index contributed by atoms with van der Waals surface area (Å²) in [5, 5.41) is 15.1. The molecule has 2 aromatic rings.